The van der Waals surface area contributed by atoms with Crippen LogP contribution in [0.1, 0.15) is 69.8 Å². The molecule has 8 nitrogen and oxygen atoms in total. The van der Waals surface area contributed by atoms with Crippen molar-refractivity contribution >= 4 is 17.9 Å². The summed E-state index contributed by atoms with van der Waals surface area (Å²) in [5, 5.41) is 15.4. The highest BCUT2D eigenvalue weighted by molar-refractivity contribution is 5.92. The summed E-state index contributed by atoms with van der Waals surface area (Å²) in [4.78, 5) is 41.8. The van der Waals surface area contributed by atoms with Crippen molar-refractivity contribution in [1.29, 1.82) is 5.26 Å². The SMILES string of the molecule is Cc1cc(C)cc(C(C(=O)NC(C)(C)C)N(CC#N)C(=O)C(Cc2ccccc2)NC(=O)OC(C)(C)C)c1. The Morgan fingerprint density at radius 3 is 2.05 bits per heavy atom. The maximum absolute atomic E-state index is 14.1. The van der Waals surface area contributed by atoms with Gasteiger partial charge in [-0.05, 0) is 66.5 Å². The van der Waals surface area contributed by atoms with Crippen molar-refractivity contribution < 1.29 is 19.1 Å². The number of carbonyl (C=O) groups is 3. The van der Waals surface area contributed by atoms with Crippen LogP contribution in [0.3, 0.4) is 0 Å². The second kappa shape index (κ2) is 12.6. The van der Waals surface area contributed by atoms with Gasteiger partial charge in [-0.15, -0.1) is 0 Å². The van der Waals surface area contributed by atoms with E-state index in [-0.39, 0.29) is 13.0 Å². The fraction of sp³-hybridized carbons (Fsp3) is 0.467. The molecule has 204 valence electrons. The largest absolute Gasteiger partial charge is 0.444 e. The number of rotatable bonds is 8. The van der Waals surface area contributed by atoms with Crippen LogP contribution in [0.5, 0.6) is 0 Å². The lowest BCUT2D eigenvalue weighted by molar-refractivity contribution is -0.142. The molecule has 0 spiro atoms. The van der Waals surface area contributed by atoms with E-state index >= 15 is 0 Å². The van der Waals surface area contributed by atoms with Crippen LogP contribution in [0, 0.1) is 25.2 Å². The van der Waals surface area contributed by atoms with Crippen molar-refractivity contribution in [1.82, 2.24) is 15.5 Å². The van der Waals surface area contributed by atoms with Crippen LogP contribution >= 0.6 is 0 Å². The van der Waals surface area contributed by atoms with Gasteiger partial charge in [-0.3, -0.25) is 9.59 Å². The molecule has 2 aromatic rings. The molecule has 2 aromatic carbocycles. The lowest BCUT2D eigenvalue weighted by Crippen LogP contribution is -2.55. The molecule has 2 N–H and O–H groups in total. The Hall–Kier alpha value is -3.86. The summed E-state index contributed by atoms with van der Waals surface area (Å²) >= 11 is 0. The highest BCUT2D eigenvalue weighted by atomic mass is 16.6. The maximum Gasteiger partial charge on any atom is 0.408 e. The molecule has 8 heteroatoms. The van der Waals surface area contributed by atoms with E-state index < -0.39 is 41.1 Å². The van der Waals surface area contributed by atoms with E-state index in [9.17, 15) is 19.6 Å². The van der Waals surface area contributed by atoms with Crippen LogP contribution in [-0.4, -0.2) is 46.5 Å². The molecule has 0 saturated carbocycles. The lowest BCUT2D eigenvalue weighted by atomic mass is 9.96. The molecule has 0 bridgehead atoms. The zero-order chi connectivity index (χ0) is 28.7. The first-order valence-electron chi connectivity index (χ1n) is 12.7. The fourth-order valence-electron chi connectivity index (χ4n) is 4.15. The predicted octanol–water partition coefficient (Wildman–Crippen LogP) is 4.75. The molecule has 0 aromatic heterocycles. The van der Waals surface area contributed by atoms with Gasteiger partial charge in [-0.2, -0.15) is 5.26 Å². The number of hydrogen-bond donors (Lipinski definition) is 2. The van der Waals surface area contributed by atoms with E-state index in [1.807, 2.05) is 89.2 Å². The van der Waals surface area contributed by atoms with Crippen LogP contribution in [0.15, 0.2) is 48.5 Å². The minimum atomic E-state index is -1.08. The van der Waals surface area contributed by atoms with Crippen molar-refractivity contribution in [2.45, 2.75) is 85.0 Å². The molecule has 2 unspecified atom stereocenters. The van der Waals surface area contributed by atoms with E-state index in [2.05, 4.69) is 10.6 Å². The van der Waals surface area contributed by atoms with Gasteiger partial charge in [0.15, 0.2) is 0 Å². The summed E-state index contributed by atoms with van der Waals surface area (Å²) in [5.41, 5.74) is 1.89. The molecule has 0 saturated heterocycles. The van der Waals surface area contributed by atoms with Gasteiger partial charge in [0.05, 0.1) is 6.07 Å². The lowest BCUT2D eigenvalue weighted by Gasteiger charge is -2.35. The van der Waals surface area contributed by atoms with E-state index in [0.29, 0.717) is 5.56 Å². The smallest absolute Gasteiger partial charge is 0.408 e. The number of aryl methyl sites for hydroxylation is 2. The molecule has 0 aliphatic rings. The van der Waals surface area contributed by atoms with Crippen molar-refractivity contribution in [3.63, 3.8) is 0 Å². The summed E-state index contributed by atoms with van der Waals surface area (Å²) in [6, 6.07) is 14.8. The first-order valence-corrected chi connectivity index (χ1v) is 12.7. The van der Waals surface area contributed by atoms with Gasteiger partial charge < -0.3 is 20.3 Å². The van der Waals surface area contributed by atoms with Gasteiger partial charge in [0.25, 0.3) is 0 Å². The van der Waals surface area contributed by atoms with Crippen molar-refractivity contribution in [2.24, 2.45) is 0 Å². The van der Waals surface area contributed by atoms with Crippen molar-refractivity contribution in [2.75, 3.05) is 6.54 Å². The Morgan fingerprint density at radius 2 is 1.55 bits per heavy atom. The molecule has 2 atom stereocenters. The van der Waals surface area contributed by atoms with Crippen LogP contribution in [0.4, 0.5) is 4.79 Å². The molecule has 0 aliphatic heterocycles. The second-order valence-corrected chi connectivity index (χ2v) is 11.6. The third-order valence-electron chi connectivity index (χ3n) is 5.41. The van der Waals surface area contributed by atoms with E-state index in [4.69, 9.17) is 4.74 Å². The molecule has 2 rings (SSSR count). The Labute approximate surface area is 226 Å². The minimum absolute atomic E-state index is 0.154. The van der Waals surface area contributed by atoms with Gasteiger partial charge in [0, 0.05) is 12.0 Å². The molecule has 0 fully saturated rings. The highest BCUT2D eigenvalue weighted by Crippen LogP contribution is 2.26. The van der Waals surface area contributed by atoms with Crippen LogP contribution in [0.25, 0.3) is 0 Å². The van der Waals surface area contributed by atoms with Gasteiger partial charge in [-0.25, -0.2) is 4.79 Å². The predicted molar refractivity (Wildman–Crippen MR) is 147 cm³/mol. The third-order valence-corrected chi connectivity index (χ3v) is 5.41. The average molecular weight is 521 g/mol. The van der Waals surface area contributed by atoms with Crippen LogP contribution in [0.2, 0.25) is 0 Å². The number of ether oxygens (including phenoxy) is 1. The summed E-state index contributed by atoms with van der Waals surface area (Å²) in [5.74, 6) is -0.976. The number of benzene rings is 2. The first-order chi connectivity index (χ1) is 17.6. The zero-order valence-electron chi connectivity index (χ0n) is 23.7. The Bertz CT molecular complexity index is 1150. The number of alkyl carbamates (subject to hydrolysis) is 1. The molecule has 0 heterocycles. The summed E-state index contributed by atoms with van der Waals surface area (Å²) < 4.78 is 5.42. The van der Waals surface area contributed by atoms with Gasteiger partial charge in [0.1, 0.15) is 24.2 Å². The number of amides is 3. The Balaban J connectivity index is 2.58. The van der Waals surface area contributed by atoms with Gasteiger partial charge in [-0.1, -0.05) is 59.7 Å². The minimum Gasteiger partial charge on any atom is -0.444 e. The summed E-state index contributed by atoms with van der Waals surface area (Å²) in [7, 11) is 0. The second-order valence-electron chi connectivity index (χ2n) is 11.6. The standard InChI is InChI=1S/C30H40N4O4/c1-20-16-21(2)18-23(17-20)25(26(35)33-29(3,4)5)34(15-14-31)27(36)24(19-22-12-10-9-11-13-22)32-28(37)38-30(6,7)8/h9-13,16-18,24-25H,15,19H2,1-8H3,(H,32,37)(H,33,35). The molecular weight excluding hydrogens is 480 g/mol. The number of nitrogens with zero attached hydrogens (tertiary/aromatic N) is 2. The average Bonchev–Trinajstić information content (AvgIpc) is 2.75. The normalized spacial score (nSPS) is 13.0. The van der Waals surface area contributed by atoms with Crippen molar-refractivity contribution in [3.05, 3.63) is 70.8 Å². The molecule has 3 amide bonds. The Kier molecular flexibility index (Phi) is 10.1. The first kappa shape index (κ1) is 30.4. The molecular formula is C30H40N4O4. The van der Waals surface area contributed by atoms with E-state index in [0.717, 1.165) is 16.7 Å². The monoisotopic (exact) mass is 520 g/mol. The number of nitriles is 1. The van der Waals surface area contributed by atoms with Crippen LogP contribution < -0.4 is 10.6 Å². The maximum atomic E-state index is 14.1. The molecule has 0 aliphatic carbocycles. The topological polar surface area (TPSA) is 112 Å². The highest BCUT2D eigenvalue weighted by Gasteiger charge is 2.37. The van der Waals surface area contributed by atoms with E-state index in [1.165, 1.54) is 4.90 Å². The zero-order valence-corrected chi connectivity index (χ0v) is 23.7. The van der Waals surface area contributed by atoms with E-state index in [1.54, 1.807) is 20.8 Å². The molecule has 0 radical (unpaired) electrons. The van der Waals surface area contributed by atoms with Gasteiger partial charge in [0.2, 0.25) is 11.8 Å². The number of nitrogens with one attached hydrogen (secondary N) is 2. The number of carbonyl (C=O) groups excluding carboxylic acids is 3. The van der Waals surface area contributed by atoms with Crippen LogP contribution in [-0.2, 0) is 20.7 Å². The van der Waals surface area contributed by atoms with Gasteiger partial charge >= 0.3 is 6.09 Å². The Morgan fingerprint density at radius 1 is 0.974 bits per heavy atom. The summed E-state index contributed by atoms with van der Waals surface area (Å²) in [6.45, 7) is 14.2. The van der Waals surface area contributed by atoms with Crippen molar-refractivity contribution in [3.8, 4) is 6.07 Å². The third kappa shape index (κ3) is 9.55. The fourth-order valence-corrected chi connectivity index (χ4v) is 4.15. The quantitative estimate of drug-likeness (QED) is 0.488. The summed E-state index contributed by atoms with van der Waals surface area (Å²) in [6.07, 6.45) is -0.604. The molecule has 38 heavy (non-hydrogen) atoms. The number of hydrogen-bond acceptors (Lipinski definition) is 5.